The van der Waals surface area contributed by atoms with Crippen molar-refractivity contribution < 1.29 is 4.79 Å². The summed E-state index contributed by atoms with van der Waals surface area (Å²) in [6.45, 7) is 5.72. The van der Waals surface area contributed by atoms with Gasteiger partial charge >= 0.3 is 0 Å². The predicted molar refractivity (Wildman–Crippen MR) is 76.5 cm³/mol. The first-order chi connectivity index (χ1) is 9.20. The van der Waals surface area contributed by atoms with Crippen LogP contribution in [0.15, 0.2) is 11.4 Å². The minimum atomic E-state index is 0.153. The molecule has 2 atom stereocenters. The molecule has 4 bridgehead atoms. The molecule has 3 saturated heterocycles. The summed E-state index contributed by atoms with van der Waals surface area (Å²) in [7, 11) is 0. The fourth-order valence-corrected chi connectivity index (χ4v) is 5.29. The molecule has 1 aromatic rings. The highest BCUT2D eigenvalue weighted by molar-refractivity contribution is 7.12. The first kappa shape index (κ1) is 11.9. The molecule has 102 valence electrons. The number of hydrogen-bond donors (Lipinski definition) is 1. The van der Waals surface area contributed by atoms with Gasteiger partial charge in [0.15, 0.2) is 0 Å². The number of hydrogen-bond acceptors (Lipinski definition) is 3. The van der Waals surface area contributed by atoms with Crippen molar-refractivity contribution in [2.75, 3.05) is 19.6 Å². The number of nitrogens with zero attached hydrogens (tertiary/aromatic N) is 1. The van der Waals surface area contributed by atoms with E-state index in [1.165, 1.54) is 32.5 Å². The Labute approximate surface area is 118 Å². The maximum Gasteiger partial charge on any atom is 0.261 e. The van der Waals surface area contributed by atoms with Crippen molar-refractivity contribution in [2.24, 2.45) is 17.8 Å². The smallest absolute Gasteiger partial charge is 0.261 e. The Bertz CT molecular complexity index is 482. The zero-order valence-corrected chi connectivity index (χ0v) is 12.1. The van der Waals surface area contributed by atoms with Crippen molar-refractivity contribution in [3.8, 4) is 0 Å². The summed E-state index contributed by atoms with van der Waals surface area (Å²) >= 11 is 1.56. The Morgan fingerprint density at radius 2 is 2.05 bits per heavy atom. The second kappa shape index (κ2) is 4.32. The molecule has 1 aromatic heterocycles. The quantitative estimate of drug-likeness (QED) is 0.897. The van der Waals surface area contributed by atoms with Crippen LogP contribution < -0.4 is 5.32 Å². The van der Waals surface area contributed by atoms with Gasteiger partial charge < -0.3 is 10.2 Å². The van der Waals surface area contributed by atoms with Gasteiger partial charge in [-0.1, -0.05) is 0 Å². The Morgan fingerprint density at radius 1 is 1.32 bits per heavy atom. The molecule has 3 nitrogen and oxygen atoms in total. The van der Waals surface area contributed by atoms with Gasteiger partial charge in [-0.2, -0.15) is 0 Å². The van der Waals surface area contributed by atoms with E-state index in [1.54, 1.807) is 11.3 Å². The summed E-state index contributed by atoms with van der Waals surface area (Å²) in [6, 6.07) is 2.45. The van der Waals surface area contributed by atoms with Crippen molar-refractivity contribution in [2.45, 2.75) is 25.8 Å². The number of thiophene rings is 1. The summed E-state index contributed by atoms with van der Waals surface area (Å²) in [4.78, 5) is 15.9. The zero-order valence-electron chi connectivity index (χ0n) is 11.3. The summed E-state index contributed by atoms with van der Waals surface area (Å²) in [5.41, 5.74) is 1.11. The lowest BCUT2D eigenvalue weighted by Gasteiger charge is -2.55. The summed E-state index contributed by atoms with van der Waals surface area (Å²) in [6.07, 6.45) is 2.64. The summed E-state index contributed by atoms with van der Waals surface area (Å²) in [5.74, 6) is 2.43. The summed E-state index contributed by atoms with van der Waals surface area (Å²) in [5, 5.41) is 5.36. The maximum absolute atomic E-state index is 12.4. The Balaban J connectivity index is 1.51. The second-order valence-electron chi connectivity index (χ2n) is 6.51. The first-order valence-corrected chi connectivity index (χ1v) is 8.16. The molecule has 1 N–H and O–H groups in total. The molecule has 1 saturated carbocycles. The third-order valence-electron chi connectivity index (χ3n) is 5.16. The molecule has 3 aliphatic heterocycles. The lowest BCUT2D eigenvalue weighted by molar-refractivity contribution is -0.0418. The van der Waals surface area contributed by atoms with Crippen molar-refractivity contribution in [1.82, 2.24) is 10.2 Å². The molecule has 19 heavy (non-hydrogen) atoms. The van der Waals surface area contributed by atoms with Gasteiger partial charge in [-0.05, 0) is 54.5 Å². The standard InChI is InChI=1S/C15H20N2OS/c1-9-2-3-19-14(9)15(18)16-13-11-4-10-5-12(13)8-17(6-10)7-11/h2-3,10-13H,4-8H2,1H3,(H,16,18). The van der Waals surface area contributed by atoms with E-state index >= 15 is 0 Å². The van der Waals surface area contributed by atoms with Crippen LogP contribution in [0, 0.1) is 24.7 Å². The average Bonchev–Trinajstić information content (AvgIpc) is 2.79. The number of nitrogens with one attached hydrogen (secondary N) is 1. The van der Waals surface area contributed by atoms with Crippen LogP contribution in [0.2, 0.25) is 0 Å². The Kier molecular flexibility index (Phi) is 2.71. The highest BCUT2D eigenvalue weighted by Gasteiger charge is 2.47. The van der Waals surface area contributed by atoms with Gasteiger partial charge in [0.1, 0.15) is 0 Å². The van der Waals surface area contributed by atoms with Crippen molar-refractivity contribution >= 4 is 17.2 Å². The first-order valence-electron chi connectivity index (χ1n) is 7.28. The lowest BCUT2D eigenvalue weighted by Crippen LogP contribution is -2.64. The minimum Gasteiger partial charge on any atom is -0.348 e. The number of carbonyl (C=O) groups excluding carboxylic acids is 1. The number of rotatable bonds is 2. The zero-order chi connectivity index (χ0) is 13.0. The molecule has 5 rings (SSSR count). The third-order valence-corrected chi connectivity index (χ3v) is 6.17. The molecular weight excluding hydrogens is 256 g/mol. The predicted octanol–water partition coefficient (Wildman–Crippen LogP) is 2.13. The molecule has 4 aliphatic rings. The maximum atomic E-state index is 12.4. The summed E-state index contributed by atoms with van der Waals surface area (Å²) < 4.78 is 0. The highest BCUT2D eigenvalue weighted by Crippen LogP contribution is 2.43. The van der Waals surface area contributed by atoms with Crippen LogP contribution in [0.3, 0.4) is 0 Å². The highest BCUT2D eigenvalue weighted by atomic mass is 32.1. The van der Waals surface area contributed by atoms with Crippen LogP contribution in [0.5, 0.6) is 0 Å². The molecule has 1 aliphatic carbocycles. The van der Waals surface area contributed by atoms with Gasteiger partial charge in [0.25, 0.3) is 5.91 Å². The van der Waals surface area contributed by atoms with E-state index in [0.717, 1.165) is 16.4 Å². The number of carbonyl (C=O) groups is 1. The van der Waals surface area contributed by atoms with E-state index in [0.29, 0.717) is 17.9 Å². The fraction of sp³-hybridized carbons (Fsp3) is 0.667. The molecular formula is C15H20N2OS. The largest absolute Gasteiger partial charge is 0.348 e. The molecule has 4 fully saturated rings. The van der Waals surface area contributed by atoms with Crippen molar-refractivity contribution in [1.29, 1.82) is 0 Å². The molecule has 0 spiro atoms. The van der Waals surface area contributed by atoms with E-state index in [1.807, 2.05) is 18.4 Å². The Hall–Kier alpha value is -0.870. The molecule has 0 radical (unpaired) electrons. The number of aryl methyl sites for hydroxylation is 1. The van der Waals surface area contributed by atoms with Crippen LogP contribution in [0.25, 0.3) is 0 Å². The number of amides is 1. The Morgan fingerprint density at radius 3 is 2.63 bits per heavy atom. The van der Waals surface area contributed by atoms with Crippen molar-refractivity contribution in [3.05, 3.63) is 21.9 Å². The van der Waals surface area contributed by atoms with E-state index in [4.69, 9.17) is 0 Å². The van der Waals surface area contributed by atoms with Gasteiger partial charge in [-0.25, -0.2) is 0 Å². The van der Waals surface area contributed by atoms with Gasteiger partial charge in [0, 0.05) is 25.7 Å². The minimum absolute atomic E-state index is 0.153. The molecule has 4 heteroatoms. The van der Waals surface area contributed by atoms with Gasteiger partial charge in [0.2, 0.25) is 0 Å². The van der Waals surface area contributed by atoms with Gasteiger partial charge in [-0.3, -0.25) is 4.79 Å². The van der Waals surface area contributed by atoms with Crippen LogP contribution in [-0.4, -0.2) is 36.5 Å². The fourth-order valence-electron chi connectivity index (χ4n) is 4.47. The van der Waals surface area contributed by atoms with Crippen molar-refractivity contribution in [3.63, 3.8) is 0 Å². The molecule has 4 heterocycles. The normalized spacial score (nSPS) is 39.5. The van der Waals surface area contributed by atoms with Crippen LogP contribution in [0.4, 0.5) is 0 Å². The molecule has 1 amide bonds. The molecule has 0 aromatic carbocycles. The monoisotopic (exact) mass is 276 g/mol. The van der Waals surface area contributed by atoms with E-state index in [2.05, 4.69) is 10.2 Å². The van der Waals surface area contributed by atoms with Crippen LogP contribution >= 0.6 is 11.3 Å². The topological polar surface area (TPSA) is 32.3 Å². The van der Waals surface area contributed by atoms with Gasteiger partial charge in [-0.15, -0.1) is 11.3 Å². The SMILES string of the molecule is Cc1ccsc1C(=O)NC1C2CC3CC1CN(C3)C2. The molecule has 2 unspecified atom stereocenters. The lowest BCUT2D eigenvalue weighted by atomic mass is 9.65. The van der Waals surface area contributed by atoms with Crippen LogP contribution in [-0.2, 0) is 0 Å². The van der Waals surface area contributed by atoms with Crippen LogP contribution in [0.1, 0.15) is 28.1 Å². The van der Waals surface area contributed by atoms with E-state index in [9.17, 15) is 4.79 Å². The van der Waals surface area contributed by atoms with Gasteiger partial charge in [0.05, 0.1) is 4.88 Å². The van der Waals surface area contributed by atoms with E-state index in [-0.39, 0.29) is 5.91 Å². The van der Waals surface area contributed by atoms with E-state index < -0.39 is 0 Å². The second-order valence-corrected chi connectivity index (χ2v) is 7.42. The number of piperidine rings is 3. The third kappa shape index (κ3) is 1.93. The average molecular weight is 276 g/mol.